The first-order valence-electron chi connectivity index (χ1n) is 9.58. The molecule has 1 amide bonds. The zero-order valence-corrected chi connectivity index (χ0v) is 15.6. The summed E-state index contributed by atoms with van der Waals surface area (Å²) in [4.78, 5) is 12.8. The Morgan fingerprint density at radius 3 is 2.43 bits per heavy atom. The number of hydrogen-bond donors (Lipinski definition) is 1. The number of rotatable bonds is 6. The molecule has 28 heavy (non-hydrogen) atoms. The zero-order chi connectivity index (χ0) is 19.2. The molecule has 1 N–H and O–H groups in total. The Morgan fingerprint density at radius 2 is 1.57 bits per heavy atom. The molecular formula is C24H23NO3. The second-order valence-corrected chi connectivity index (χ2v) is 6.85. The third-order valence-electron chi connectivity index (χ3n) is 4.85. The van der Waals surface area contributed by atoms with Gasteiger partial charge in [-0.3, -0.25) is 4.79 Å². The maximum Gasteiger partial charge on any atom is 0.251 e. The number of carbonyl (C=O) groups excluding carboxylic acids is 1. The van der Waals surface area contributed by atoms with Crippen molar-refractivity contribution in [1.29, 1.82) is 0 Å². The van der Waals surface area contributed by atoms with E-state index in [1.54, 1.807) is 0 Å². The number of carbonyl (C=O) groups is 1. The van der Waals surface area contributed by atoms with Crippen molar-refractivity contribution >= 4 is 5.91 Å². The van der Waals surface area contributed by atoms with Crippen molar-refractivity contribution in [3.05, 3.63) is 95.6 Å². The van der Waals surface area contributed by atoms with Gasteiger partial charge in [-0.1, -0.05) is 60.7 Å². The van der Waals surface area contributed by atoms with E-state index in [-0.39, 0.29) is 12.0 Å². The Kier molecular flexibility index (Phi) is 5.57. The lowest BCUT2D eigenvalue weighted by molar-refractivity contribution is 0.0788. The van der Waals surface area contributed by atoms with Crippen molar-refractivity contribution < 1.29 is 14.3 Å². The van der Waals surface area contributed by atoms with E-state index < -0.39 is 0 Å². The zero-order valence-electron chi connectivity index (χ0n) is 15.6. The molecule has 1 atom stereocenters. The molecule has 4 heteroatoms. The van der Waals surface area contributed by atoms with Gasteiger partial charge in [-0.25, -0.2) is 0 Å². The molecule has 0 bridgehead atoms. The summed E-state index contributed by atoms with van der Waals surface area (Å²) in [5.41, 5.74) is 3.04. The molecule has 0 aliphatic carbocycles. The van der Waals surface area contributed by atoms with Crippen LogP contribution in [0.25, 0.3) is 0 Å². The Bertz CT molecular complexity index is 939. The third-order valence-corrected chi connectivity index (χ3v) is 4.85. The highest BCUT2D eigenvalue weighted by atomic mass is 16.6. The summed E-state index contributed by atoms with van der Waals surface area (Å²) >= 11 is 0. The minimum absolute atomic E-state index is 0.0777. The molecule has 4 nitrogen and oxygen atoms in total. The minimum Gasteiger partial charge on any atom is -0.486 e. The van der Waals surface area contributed by atoms with Gasteiger partial charge in [-0.2, -0.15) is 0 Å². The SMILES string of the molecule is O=C(NC[C@@H]1COc2ccccc2O1)c1ccccc1CCc1ccccc1. The van der Waals surface area contributed by atoms with E-state index in [0.29, 0.717) is 13.2 Å². The molecule has 0 aromatic heterocycles. The Labute approximate surface area is 165 Å². The molecule has 0 saturated carbocycles. The van der Waals surface area contributed by atoms with Crippen molar-refractivity contribution in [2.45, 2.75) is 18.9 Å². The highest BCUT2D eigenvalue weighted by Crippen LogP contribution is 2.30. The number of amides is 1. The number of hydrogen-bond acceptors (Lipinski definition) is 3. The van der Waals surface area contributed by atoms with Crippen LogP contribution in [0.1, 0.15) is 21.5 Å². The normalized spacial score (nSPS) is 15.1. The van der Waals surface area contributed by atoms with Crippen molar-refractivity contribution in [2.75, 3.05) is 13.2 Å². The molecule has 0 radical (unpaired) electrons. The molecule has 142 valence electrons. The molecular weight excluding hydrogens is 350 g/mol. The van der Waals surface area contributed by atoms with Gasteiger partial charge in [0.15, 0.2) is 11.5 Å². The number of para-hydroxylation sites is 2. The second-order valence-electron chi connectivity index (χ2n) is 6.85. The smallest absolute Gasteiger partial charge is 0.251 e. The van der Waals surface area contributed by atoms with Crippen LogP contribution in [-0.2, 0) is 12.8 Å². The highest BCUT2D eigenvalue weighted by molar-refractivity contribution is 5.95. The van der Waals surface area contributed by atoms with Gasteiger partial charge in [-0.05, 0) is 42.2 Å². The highest BCUT2D eigenvalue weighted by Gasteiger charge is 2.21. The van der Waals surface area contributed by atoms with Crippen LogP contribution in [0.15, 0.2) is 78.9 Å². The lowest BCUT2D eigenvalue weighted by atomic mass is 9.99. The van der Waals surface area contributed by atoms with Crippen LogP contribution in [0.3, 0.4) is 0 Å². The fourth-order valence-electron chi connectivity index (χ4n) is 3.35. The van der Waals surface area contributed by atoms with E-state index in [0.717, 1.165) is 35.5 Å². The van der Waals surface area contributed by atoms with E-state index in [4.69, 9.17) is 9.47 Å². The molecule has 3 aromatic rings. The monoisotopic (exact) mass is 373 g/mol. The predicted octanol–water partition coefficient (Wildman–Crippen LogP) is 4.04. The lowest BCUT2D eigenvalue weighted by Crippen LogP contribution is -2.40. The largest absolute Gasteiger partial charge is 0.486 e. The van der Waals surface area contributed by atoms with E-state index in [9.17, 15) is 4.79 Å². The first-order valence-corrected chi connectivity index (χ1v) is 9.58. The summed E-state index contributed by atoms with van der Waals surface area (Å²) in [6, 6.07) is 25.7. The van der Waals surface area contributed by atoms with Crippen LogP contribution in [0.4, 0.5) is 0 Å². The summed E-state index contributed by atoms with van der Waals surface area (Å²) in [5, 5.41) is 2.99. The predicted molar refractivity (Wildman–Crippen MR) is 109 cm³/mol. The van der Waals surface area contributed by atoms with E-state index in [1.165, 1.54) is 5.56 Å². The summed E-state index contributed by atoms with van der Waals surface area (Å²) in [6.45, 7) is 0.827. The molecule has 1 aliphatic heterocycles. The van der Waals surface area contributed by atoms with Crippen molar-refractivity contribution in [2.24, 2.45) is 0 Å². The van der Waals surface area contributed by atoms with Crippen LogP contribution in [0.2, 0.25) is 0 Å². The number of benzene rings is 3. The van der Waals surface area contributed by atoms with Gasteiger partial charge >= 0.3 is 0 Å². The minimum atomic E-state index is -0.199. The van der Waals surface area contributed by atoms with Gasteiger partial charge in [0, 0.05) is 5.56 Å². The second kappa shape index (κ2) is 8.61. The van der Waals surface area contributed by atoms with Crippen molar-refractivity contribution in [3.8, 4) is 11.5 Å². The van der Waals surface area contributed by atoms with Crippen LogP contribution in [-0.4, -0.2) is 25.2 Å². The first kappa shape index (κ1) is 18.1. The average Bonchev–Trinajstić information content (AvgIpc) is 2.77. The fraction of sp³-hybridized carbons (Fsp3) is 0.208. The number of fused-ring (bicyclic) bond motifs is 1. The van der Waals surface area contributed by atoms with Crippen molar-refractivity contribution in [1.82, 2.24) is 5.32 Å². The van der Waals surface area contributed by atoms with Gasteiger partial charge in [0.2, 0.25) is 0 Å². The third kappa shape index (κ3) is 4.34. The fourth-order valence-corrected chi connectivity index (χ4v) is 3.35. The van der Waals surface area contributed by atoms with Gasteiger partial charge in [0.05, 0.1) is 6.54 Å². The van der Waals surface area contributed by atoms with Gasteiger partial charge < -0.3 is 14.8 Å². The van der Waals surface area contributed by atoms with E-state index >= 15 is 0 Å². The van der Waals surface area contributed by atoms with Crippen LogP contribution in [0.5, 0.6) is 11.5 Å². The molecule has 0 spiro atoms. The lowest BCUT2D eigenvalue weighted by Gasteiger charge is -2.26. The standard InChI is InChI=1S/C24H23NO3/c26-24(25-16-20-17-27-22-12-6-7-13-23(22)28-20)21-11-5-4-10-19(21)15-14-18-8-2-1-3-9-18/h1-13,20H,14-17H2,(H,25,26)/t20-/m1/s1. The number of nitrogens with one attached hydrogen (secondary N) is 1. The summed E-state index contributed by atoms with van der Waals surface area (Å²) in [6.07, 6.45) is 1.53. The van der Waals surface area contributed by atoms with Crippen molar-refractivity contribution in [3.63, 3.8) is 0 Å². The molecule has 0 unspecified atom stereocenters. The van der Waals surface area contributed by atoms with Gasteiger partial charge in [0.1, 0.15) is 12.7 Å². The molecule has 3 aromatic carbocycles. The van der Waals surface area contributed by atoms with E-state index in [2.05, 4.69) is 17.4 Å². The van der Waals surface area contributed by atoms with Gasteiger partial charge in [0.25, 0.3) is 5.91 Å². The maximum atomic E-state index is 12.8. The maximum absolute atomic E-state index is 12.8. The first-order chi connectivity index (χ1) is 13.8. The Morgan fingerprint density at radius 1 is 0.857 bits per heavy atom. The van der Waals surface area contributed by atoms with Gasteiger partial charge in [-0.15, -0.1) is 0 Å². The topological polar surface area (TPSA) is 47.6 Å². The van der Waals surface area contributed by atoms with E-state index in [1.807, 2.05) is 66.7 Å². The molecule has 4 rings (SSSR count). The van der Waals surface area contributed by atoms with Crippen LogP contribution in [0, 0.1) is 0 Å². The number of ether oxygens (including phenoxy) is 2. The Hall–Kier alpha value is -3.27. The summed E-state index contributed by atoms with van der Waals surface area (Å²) < 4.78 is 11.6. The quantitative estimate of drug-likeness (QED) is 0.709. The molecule has 1 heterocycles. The molecule has 1 aliphatic rings. The average molecular weight is 373 g/mol. The molecule has 0 fully saturated rings. The summed E-state index contributed by atoms with van der Waals surface area (Å²) in [7, 11) is 0. The Balaban J connectivity index is 1.36. The van der Waals surface area contributed by atoms with Crippen LogP contribution < -0.4 is 14.8 Å². The van der Waals surface area contributed by atoms with Crippen LogP contribution >= 0.6 is 0 Å². The summed E-state index contributed by atoms with van der Waals surface area (Å²) in [5.74, 6) is 1.39. The molecule has 0 saturated heterocycles. The number of aryl methyl sites for hydroxylation is 2.